The van der Waals surface area contributed by atoms with E-state index in [0.29, 0.717) is 37.7 Å². The van der Waals surface area contributed by atoms with Crippen LogP contribution in [0.4, 0.5) is 20.2 Å². The fourth-order valence-electron chi connectivity index (χ4n) is 3.23. The van der Waals surface area contributed by atoms with E-state index in [-0.39, 0.29) is 41.9 Å². The van der Waals surface area contributed by atoms with Gasteiger partial charge in [-0.05, 0) is 12.1 Å². The summed E-state index contributed by atoms with van der Waals surface area (Å²) < 4.78 is 27.4. The molecule has 0 spiro atoms. The van der Waals surface area contributed by atoms with Crippen molar-refractivity contribution in [1.29, 1.82) is 0 Å². The van der Waals surface area contributed by atoms with Gasteiger partial charge in [-0.25, -0.2) is 8.78 Å². The van der Waals surface area contributed by atoms with Crippen LogP contribution in [0.2, 0.25) is 0 Å². The summed E-state index contributed by atoms with van der Waals surface area (Å²) in [5.41, 5.74) is 0.869. The monoisotopic (exact) mass is 517 g/mol. The number of hydrogen-bond acceptors (Lipinski definition) is 4. The van der Waals surface area contributed by atoms with Gasteiger partial charge in [-0.1, -0.05) is 18.2 Å². The molecule has 0 atom stereocenters. The Morgan fingerprint density at radius 1 is 1.17 bits per heavy atom. The third kappa shape index (κ3) is 5.52. The Morgan fingerprint density at radius 3 is 2.52 bits per heavy atom. The summed E-state index contributed by atoms with van der Waals surface area (Å²) in [6.07, 6.45) is 0. The van der Waals surface area contributed by atoms with Crippen LogP contribution in [0.15, 0.2) is 47.5 Å². The number of piperazine rings is 1. The normalized spacial score (nSPS) is 14.4. The molecule has 1 aliphatic rings. The number of rotatable bonds is 4. The van der Waals surface area contributed by atoms with Crippen molar-refractivity contribution in [3.8, 4) is 0 Å². The molecule has 0 unspecified atom stereocenters. The lowest BCUT2D eigenvalue weighted by Crippen LogP contribution is -2.52. The summed E-state index contributed by atoms with van der Waals surface area (Å²) in [7, 11) is 1.64. The van der Waals surface area contributed by atoms with Gasteiger partial charge in [0.2, 0.25) is 0 Å². The zero-order valence-corrected chi connectivity index (χ0v) is 18.2. The molecule has 0 aromatic heterocycles. The SMILES string of the molecule is CN=C(NCc1ccccc1[N+](=O)[O-])N1CCN(c2cc(F)ccc2F)CC1.I. The molecular weight excluding hydrogens is 495 g/mol. The van der Waals surface area contributed by atoms with Crippen molar-refractivity contribution >= 4 is 41.3 Å². The second-order valence-corrected chi connectivity index (χ2v) is 6.36. The van der Waals surface area contributed by atoms with Crippen molar-refractivity contribution in [2.45, 2.75) is 6.54 Å². The minimum atomic E-state index is -0.472. The molecule has 1 aliphatic heterocycles. The topological polar surface area (TPSA) is 74.0 Å². The van der Waals surface area contributed by atoms with E-state index < -0.39 is 16.6 Å². The average molecular weight is 517 g/mol. The van der Waals surface area contributed by atoms with Crippen LogP contribution in [0.1, 0.15) is 5.56 Å². The van der Waals surface area contributed by atoms with E-state index in [9.17, 15) is 18.9 Å². The first-order chi connectivity index (χ1) is 13.5. The molecule has 0 amide bonds. The zero-order valence-electron chi connectivity index (χ0n) is 15.8. The summed E-state index contributed by atoms with van der Waals surface area (Å²) in [5.74, 6) is -0.313. The molecule has 10 heteroatoms. The van der Waals surface area contributed by atoms with E-state index >= 15 is 0 Å². The van der Waals surface area contributed by atoms with Crippen LogP contribution in [0.25, 0.3) is 0 Å². The van der Waals surface area contributed by atoms with E-state index in [1.807, 2.05) is 4.90 Å². The third-order valence-electron chi connectivity index (χ3n) is 4.67. The Hall–Kier alpha value is -2.50. The van der Waals surface area contributed by atoms with Gasteiger partial charge in [-0.2, -0.15) is 0 Å². The summed E-state index contributed by atoms with van der Waals surface area (Å²) in [6.45, 7) is 2.40. The fraction of sp³-hybridized carbons (Fsp3) is 0.316. The predicted octanol–water partition coefficient (Wildman–Crippen LogP) is 3.39. The lowest BCUT2D eigenvalue weighted by atomic mass is 10.2. The van der Waals surface area contributed by atoms with Gasteiger partial charge in [-0.15, -0.1) is 24.0 Å². The van der Waals surface area contributed by atoms with E-state index in [2.05, 4.69) is 10.3 Å². The van der Waals surface area contributed by atoms with Gasteiger partial charge in [-0.3, -0.25) is 15.1 Å². The maximum Gasteiger partial charge on any atom is 0.274 e. The Kier molecular flexibility index (Phi) is 8.11. The quantitative estimate of drug-likeness (QED) is 0.221. The lowest BCUT2D eigenvalue weighted by Gasteiger charge is -2.37. The Labute approximate surface area is 184 Å². The molecule has 156 valence electrons. The van der Waals surface area contributed by atoms with Crippen molar-refractivity contribution < 1.29 is 13.7 Å². The molecule has 1 saturated heterocycles. The van der Waals surface area contributed by atoms with Gasteiger partial charge in [0, 0.05) is 57.5 Å². The second-order valence-electron chi connectivity index (χ2n) is 6.36. The molecule has 3 rings (SSSR count). The number of nitrogens with zero attached hydrogens (tertiary/aromatic N) is 4. The molecule has 1 fully saturated rings. The Morgan fingerprint density at radius 2 is 1.86 bits per heavy atom. The van der Waals surface area contributed by atoms with Gasteiger partial charge in [0.25, 0.3) is 5.69 Å². The van der Waals surface area contributed by atoms with E-state index in [0.717, 1.165) is 12.1 Å². The van der Waals surface area contributed by atoms with Crippen LogP contribution in [-0.4, -0.2) is 49.0 Å². The van der Waals surface area contributed by atoms with Crippen molar-refractivity contribution in [2.24, 2.45) is 4.99 Å². The molecule has 0 saturated carbocycles. The van der Waals surface area contributed by atoms with Gasteiger partial charge >= 0.3 is 0 Å². The molecule has 0 aliphatic carbocycles. The number of para-hydroxylation sites is 1. The summed E-state index contributed by atoms with van der Waals surface area (Å²) in [6, 6.07) is 9.97. The second kappa shape index (κ2) is 10.3. The highest BCUT2D eigenvalue weighted by atomic mass is 127. The highest BCUT2D eigenvalue weighted by molar-refractivity contribution is 14.0. The molecule has 2 aromatic carbocycles. The molecule has 1 N–H and O–H groups in total. The molecule has 0 bridgehead atoms. The van der Waals surface area contributed by atoms with Crippen molar-refractivity contribution in [3.05, 3.63) is 69.8 Å². The van der Waals surface area contributed by atoms with Crippen molar-refractivity contribution in [1.82, 2.24) is 10.2 Å². The van der Waals surface area contributed by atoms with Crippen LogP contribution < -0.4 is 10.2 Å². The highest BCUT2D eigenvalue weighted by Gasteiger charge is 2.22. The van der Waals surface area contributed by atoms with Crippen LogP contribution in [0.5, 0.6) is 0 Å². The average Bonchev–Trinajstić information content (AvgIpc) is 2.71. The highest BCUT2D eigenvalue weighted by Crippen LogP contribution is 2.22. The summed E-state index contributed by atoms with van der Waals surface area (Å²) in [4.78, 5) is 18.7. The number of nitro groups is 1. The van der Waals surface area contributed by atoms with Crippen LogP contribution in [-0.2, 0) is 6.54 Å². The standard InChI is InChI=1S/C19H21F2N5O2.HI/c1-22-19(23-13-14-4-2-3-5-17(14)26(27)28)25-10-8-24(9-11-25)18-12-15(20)6-7-16(18)21;/h2-7,12H,8-11,13H2,1H3,(H,22,23);1H. The van der Waals surface area contributed by atoms with E-state index in [1.165, 1.54) is 12.1 Å². The van der Waals surface area contributed by atoms with E-state index in [1.54, 1.807) is 30.1 Å². The number of nitro benzene ring substituents is 1. The first-order valence-electron chi connectivity index (χ1n) is 8.87. The Bertz CT molecular complexity index is 889. The molecule has 1 heterocycles. The molecule has 7 nitrogen and oxygen atoms in total. The fourth-order valence-corrected chi connectivity index (χ4v) is 3.23. The summed E-state index contributed by atoms with van der Waals surface area (Å²) >= 11 is 0. The largest absolute Gasteiger partial charge is 0.366 e. The number of nitrogens with one attached hydrogen (secondary N) is 1. The van der Waals surface area contributed by atoms with Crippen LogP contribution in [0, 0.1) is 21.7 Å². The number of guanidine groups is 1. The molecule has 2 aromatic rings. The van der Waals surface area contributed by atoms with Crippen LogP contribution >= 0.6 is 24.0 Å². The Balaban J connectivity index is 0.00000300. The van der Waals surface area contributed by atoms with Gasteiger partial charge in [0.1, 0.15) is 11.6 Å². The zero-order chi connectivity index (χ0) is 20.1. The maximum absolute atomic E-state index is 14.0. The number of aliphatic imine (C=N–C) groups is 1. The number of anilines is 1. The first kappa shape index (κ1) is 22.8. The number of hydrogen-bond donors (Lipinski definition) is 1. The van der Waals surface area contributed by atoms with E-state index in [4.69, 9.17) is 0 Å². The maximum atomic E-state index is 14.0. The minimum Gasteiger partial charge on any atom is -0.366 e. The molecular formula is C19H22F2IN5O2. The number of halogens is 3. The van der Waals surface area contributed by atoms with Crippen LogP contribution in [0.3, 0.4) is 0 Å². The van der Waals surface area contributed by atoms with Gasteiger partial charge in [0.05, 0.1) is 10.6 Å². The van der Waals surface area contributed by atoms with Gasteiger partial charge < -0.3 is 15.1 Å². The third-order valence-corrected chi connectivity index (χ3v) is 4.67. The first-order valence-corrected chi connectivity index (χ1v) is 8.87. The smallest absolute Gasteiger partial charge is 0.274 e. The molecule has 29 heavy (non-hydrogen) atoms. The van der Waals surface area contributed by atoms with Crippen molar-refractivity contribution in [2.75, 3.05) is 38.1 Å². The van der Waals surface area contributed by atoms with Crippen molar-refractivity contribution in [3.63, 3.8) is 0 Å². The minimum absolute atomic E-state index is 0. The lowest BCUT2D eigenvalue weighted by molar-refractivity contribution is -0.385. The predicted molar refractivity (Wildman–Crippen MR) is 119 cm³/mol. The molecule has 0 radical (unpaired) electrons. The number of benzene rings is 2. The van der Waals surface area contributed by atoms with Gasteiger partial charge in [0.15, 0.2) is 5.96 Å². The summed E-state index contributed by atoms with van der Waals surface area (Å²) in [5, 5.41) is 14.3.